The first kappa shape index (κ1) is 11.1. The SMILES string of the molecule is [2H]c1c([2H])c([2H])c(-c2nc(-c3c([2H])c([2H])c([2H])c([2H])c3[2H])nc(-c3c([2H])c([2H])c([2H])c(-c4c([2H])c([2H])c([2H])c(-c5c([2H])c([2H])c6c7c([2H])c([2H])c([2H])c([2H])c7c7c([2H])c([2H])c([2H])c([2H])c7c6c5[2H])c4[2H])c3[2H])n2)c([2H])c1[2H]. The van der Waals surface area contributed by atoms with E-state index in [1.54, 1.807) is 0 Å². The molecule has 224 valence electrons. The van der Waals surface area contributed by atoms with Gasteiger partial charge in [0.25, 0.3) is 0 Å². The summed E-state index contributed by atoms with van der Waals surface area (Å²) in [6.07, 6.45) is 0. The number of rotatable bonds is 5. The fourth-order valence-electron chi connectivity index (χ4n) is 4.89. The summed E-state index contributed by atoms with van der Waals surface area (Å²) in [5.41, 5.74) is -6.05. The molecule has 0 bridgehead atoms. The molecule has 0 unspecified atom stereocenters. The summed E-state index contributed by atoms with van der Waals surface area (Å²) in [6.45, 7) is 0. The molecule has 0 saturated carbocycles. The second kappa shape index (κ2) is 11.7. The van der Waals surface area contributed by atoms with Crippen LogP contribution in [0.5, 0.6) is 0 Å². The lowest BCUT2D eigenvalue weighted by atomic mass is 9.91. The van der Waals surface area contributed by atoms with Crippen molar-refractivity contribution >= 4 is 32.3 Å². The molecule has 1 heterocycles. The Balaban J connectivity index is 1.43. The molecule has 0 spiro atoms. The molecule has 0 aliphatic rings. The Morgan fingerprint density at radius 1 is 0.250 bits per heavy atom. The number of nitrogens with zero attached hydrogens (tertiary/aromatic N) is 3. The van der Waals surface area contributed by atoms with Gasteiger partial charge in [-0.1, -0.05) is 157 Å². The van der Waals surface area contributed by atoms with Gasteiger partial charge in [0, 0.05) is 16.7 Å². The van der Waals surface area contributed by atoms with E-state index in [9.17, 15) is 6.85 Å². The fourth-order valence-corrected chi connectivity index (χ4v) is 4.89. The van der Waals surface area contributed by atoms with Gasteiger partial charge in [0.05, 0.1) is 39.8 Å². The van der Waals surface area contributed by atoms with Crippen molar-refractivity contribution in [2.24, 2.45) is 0 Å². The van der Waals surface area contributed by atoms with Crippen LogP contribution in [0, 0.1) is 0 Å². The molecule has 48 heavy (non-hydrogen) atoms. The number of aromatic nitrogens is 3. The Labute approximate surface area is 319 Å². The molecular weight excluding hydrogens is 583 g/mol. The molecule has 1 aromatic heterocycles. The van der Waals surface area contributed by atoms with E-state index >= 15 is 0 Å². The zero-order valence-corrected chi connectivity index (χ0v) is 23.8. The highest BCUT2D eigenvalue weighted by Crippen LogP contribution is 2.38. The lowest BCUT2D eigenvalue weighted by Gasteiger charge is -2.13. The number of fused-ring (bicyclic) bond motifs is 6. The summed E-state index contributed by atoms with van der Waals surface area (Å²) < 4.78 is 256. The molecule has 8 aromatic carbocycles. The standard InChI is InChI=1S/C45H29N3/c1-3-13-30(14-4-1)43-46-44(31-15-5-2-6-16-31)48-45(47-43)36-20-12-19-34(28-36)32-17-11-18-33(27-32)35-25-26-41-39-23-8-7-21-37(39)38-22-9-10-24-40(38)42(41)29-35/h1-29H/i1D,2D,3D,4D,5D,6D,7D,8D,9D,10D,11D,12D,13D,14D,15D,16D,17D,18D,19D,20D,21D,22D,23D,24D,25D,26D,27D,28D,29D. The second-order valence-electron chi connectivity index (χ2n) is 9.81. The van der Waals surface area contributed by atoms with Crippen molar-refractivity contribution in [2.75, 3.05) is 0 Å². The van der Waals surface area contributed by atoms with Crippen LogP contribution in [0.1, 0.15) is 39.8 Å². The highest BCUT2D eigenvalue weighted by molar-refractivity contribution is 6.25. The third-order valence-electron chi connectivity index (χ3n) is 6.99. The van der Waals surface area contributed by atoms with Gasteiger partial charge < -0.3 is 0 Å². The van der Waals surface area contributed by atoms with Gasteiger partial charge in [0.1, 0.15) is 0 Å². The summed E-state index contributed by atoms with van der Waals surface area (Å²) in [4.78, 5) is 12.6. The first-order valence-corrected chi connectivity index (χ1v) is 13.8. The van der Waals surface area contributed by atoms with Crippen molar-refractivity contribution in [1.82, 2.24) is 15.0 Å². The number of hydrogen-bond donors (Lipinski definition) is 0. The van der Waals surface area contributed by atoms with Gasteiger partial charge in [-0.05, 0) is 72.7 Å². The minimum Gasteiger partial charge on any atom is -0.208 e. The molecule has 0 saturated heterocycles. The Hall–Kier alpha value is -6.45. The van der Waals surface area contributed by atoms with Crippen molar-refractivity contribution in [3.63, 3.8) is 0 Å². The quantitative estimate of drug-likeness (QED) is 0.176. The van der Waals surface area contributed by atoms with E-state index in [1.165, 1.54) is 0 Å². The third kappa shape index (κ3) is 4.99. The molecule has 0 fully saturated rings. The minimum atomic E-state index is -1.12. The Kier molecular flexibility index (Phi) is 2.70. The normalized spacial score (nSPS) is 19.8. The van der Waals surface area contributed by atoms with Crippen LogP contribution in [0.4, 0.5) is 0 Å². The summed E-state index contributed by atoms with van der Waals surface area (Å²) in [6, 6.07) is -27.3. The van der Waals surface area contributed by atoms with Gasteiger partial charge in [0.15, 0.2) is 17.5 Å². The smallest absolute Gasteiger partial charge is 0.164 e. The fraction of sp³-hybridized carbons (Fsp3) is 0. The highest BCUT2D eigenvalue weighted by Gasteiger charge is 2.14. The number of hydrogen-bond acceptors (Lipinski definition) is 3. The van der Waals surface area contributed by atoms with Crippen LogP contribution in [0.15, 0.2) is 175 Å². The molecule has 9 aromatic rings. The molecule has 0 aliphatic heterocycles. The maximum absolute atomic E-state index is 9.69. The third-order valence-corrected chi connectivity index (χ3v) is 6.99. The van der Waals surface area contributed by atoms with Crippen molar-refractivity contribution in [1.29, 1.82) is 0 Å². The van der Waals surface area contributed by atoms with Crippen molar-refractivity contribution in [3.05, 3.63) is 175 Å². The van der Waals surface area contributed by atoms with E-state index in [0.717, 1.165) is 0 Å². The number of benzene rings is 8. The van der Waals surface area contributed by atoms with Crippen molar-refractivity contribution in [2.45, 2.75) is 0 Å². The summed E-state index contributed by atoms with van der Waals surface area (Å²) in [5, 5.41) is -3.26. The summed E-state index contributed by atoms with van der Waals surface area (Å²) >= 11 is 0. The van der Waals surface area contributed by atoms with Crippen LogP contribution >= 0.6 is 0 Å². The average molecular weight is 641 g/mol. The van der Waals surface area contributed by atoms with Gasteiger partial charge in [-0.25, -0.2) is 15.0 Å². The molecular formula is C45H29N3. The molecule has 0 aliphatic carbocycles. The maximum Gasteiger partial charge on any atom is 0.164 e. The first-order chi connectivity index (χ1) is 35.9. The van der Waals surface area contributed by atoms with Crippen LogP contribution in [0.2, 0.25) is 0 Å². The van der Waals surface area contributed by atoms with Crippen LogP contribution < -0.4 is 0 Å². The van der Waals surface area contributed by atoms with E-state index in [0.29, 0.717) is 0 Å². The molecule has 3 heteroatoms. The van der Waals surface area contributed by atoms with E-state index in [4.69, 9.17) is 32.9 Å². The first-order valence-electron chi connectivity index (χ1n) is 28.3. The predicted octanol–water partition coefficient (Wildman–Crippen LogP) is 11.7. The summed E-state index contributed by atoms with van der Waals surface area (Å²) in [7, 11) is 0. The zero-order valence-electron chi connectivity index (χ0n) is 52.8. The van der Waals surface area contributed by atoms with E-state index in [-0.39, 0.29) is 0 Å². The van der Waals surface area contributed by atoms with Crippen LogP contribution in [0.3, 0.4) is 0 Å². The van der Waals surface area contributed by atoms with E-state index < -0.39 is 264 Å². The topological polar surface area (TPSA) is 38.7 Å². The molecule has 3 nitrogen and oxygen atoms in total. The Morgan fingerprint density at radius 3 is 1.08 bits per heavy atom. The van der Waals surface area contributed by atoms with Crippen molar-refractivity contribution in [3.8, 4) is 56.4 Å². The molecule has 0 amide bonds. The molecule has 0 atom stereocenters. The molecule has 0 radical (unpaired) electrons. The lowest BCUT2D eigenvalue weighted by Crippen LogP contribution is -2.00. The van der Waals surface area contributed by atoms with E-state index in [1.807, 2.05) is 0 Å². The monoisotopic (exact) mass is 640 g/mol. The van der Waals surface area contributed by atoms with Gasteiger partial charge in [0.2, 0.25) is 0 Å². The van der Waals surface area contributed by atoms with Gasteiger partial charge >= 0.3 is 0 Å². The minimum absolute atomic E-state index is 0.480. The largest absolute Gasteiger partial charge is 0.208 e. The highest BCUT2D eigenvalue weighted by atomic mass is 15.0. The van der Waals surface area contributed by atoms with Gasteiger partial charge in [-0.3, -0.25) is 0 Å². The Bertz CT molecular complexity index is 4080. The maximum atomic E-state index is 9.69. The van der Waals surface area contributed by atoms with Gasteiger partial charge in [-0.15, -0.1) is 0 Å². The van der Waals surface area contributed by atoms with Gasteiger partial charge in [-0.2, -0.15) is 0 Å². The Morgan fingerprint density at radius 2 is 0.583 bits per heavy atom. The molecule has 0 N–H and O–H groups in total. The van der Waals surface area contributed by atoms with E-state index in [2.05, 4.69) is 15.0 Å². The zero-order chi connectivity index (χ0) is 57.1. The van der Waals surface area contributed by atoms with Crippen LogP contribution in [-0.2, 0) is 0 Å². The lowest BCUT2D eigenvalue weighted by molar-refractivity contribution is 1.07. The van der Waals surface area contributed by atoms with Crippen LogP contribution in [-0.4, -0.2) is 15.0 Å². The van der Waals surface area contributed by atoms with Crippen molar-refractivity contribution < 1.29 is 39.8 Å². The average Bonchev–Trinajstić information content (AvgIpc) is 3.49. The predicted molar refractivity (Wildman–Crippen MR) is 200 cm³/mol. The van der Waals surface area contributed by atoms with Crippen LogP contribution in [0.25, 0.3) is 88.7 Å². The second-order valence-corrected chi connectivity index (χ2v) is 9.81. The molecule has 9 rings (SSSR count). The summed E-state index contributed by atoms with van der Waals surface area (Å²) in [5.74, 6) is -2.62.